The second kappa shape index (κ2) is 8.19. The fourth-order valence-electron chi connectivity index (χ4n) is 3.38. The van der Waals surface area contributed by atoms with Gasteiger partial charge in [-0.25, -0.2) is 0 Å². The van der Waals surface area contributed by atoms with E-state index >= 15 is 0 Å². The summed E-state index contributed by atoms with van der Waals surface area (Å²) in [4.78, 5) is 4.65. The van der Waals surface area contributed by atoms with E-state index in [0.29, 0.717) is 0 Å². The molecule has 0 atom stereocenters. The third kappa shape index (κ3) is 4.30. The minimum absolute atomic E-state index is 0.799. The van der Waals surface area contributed by atoms with Gasteiger partial charge in [-0.15, -0.1) is 0 Å². The van der Waals surface area contributed by atoms with E-state index in [1.54, 1.807) is 0 Å². The molecular formula is C26H24N2O. The zero-order valence-corrected chi connectivity index (χ0v) is 17.0. The van der Waals surface area contributed by atoms with Gasteiger partial charge in [-0.1, -0.05) is 35.9 Å². The van der Waals surface area contributed by atoms with E-state index in [2.05, 4.69) is 60.7 Å². The molecule has 0 radical (unpaired) electrons. The second-order valence-corrected chi connectivity index (χ2v) is 7.16. The van der Waals surface area contributed by atoms with Crippen LogP contribution >= 0.6 is 0 Å². The van der Waals surface area contributed by atoms with Gasteiger partial charge in [-0.05, 0) is 75.4 Å². The van der Waals surface area contributed by atoms with Crippen molar-refractivity contribution in [3.63, 3.8) is 0 Å². The van der Waals surface area contributed by atoms with Gasteiger partial charge in [0.25, 0.3) is 0 Å². The zero-order chi connectivity index (χ0) is 20.2. The van der Waals surface area contributed by atoms with Crippen LogP contribution in [0.4, 0.5) is 5.69 Å². The van der Waals surface area contributed by atoms with E-state index in [4.69, 9.17) is 4.74 Å². The molecular weight excluding hydrogens is 356 g/mol. The molecule has 0 spiro atoms. The van der Waals surface area contributed by atoms with Crippen LogP contribution in [0.5, 0.6) is 11.5 Å². The summed E-state index contributed by atoms with van der Waals surface area (Å²) in [6, 6.07) is 28.3. The average molecular weight is 380 g/mol. The van der Waals surface area contributed by atoms with E-state index in [1.807, 2.05) is 60.8 Å². The van der Waals surface area contributed by atoms with Crippen molar-refractivity contribution >= 4 is 11.9 Å². The van der Waals surface area contributed by atoms with Gasteiger partial charge in [-0.2, -0.15) is 0 Å². The standard InChI is InChI=1S/C26H24N2O/c1-19-9-13-24(14-10-19)28-20(2)17-22(21(28)3)18-27-23-11-15-26(16-12-23)29-25-7-5-4-6-8-25/h4-18H,1-3H3. The number of nitrogens with zero attached hydrogens (tertiary/aromatic N) is 2. The normalized spacial score (nSPS) is 11.1. The van der Waals surface area contributed by atoms with Gasteiger partial charge in [0.2, 0.25) is 0 Å². The SMILES string of the molecule is Cc1ccc(-n2c(C)cc(C=Nc3ccc(Oc4ccccc4)cc3)c2C)cc1. The minimum Gasteiger partial charge on any atom is -0.457 e. The number of aromatic nitrogens is 1. The Morgan fingerprint density at radius 2 is 1.41 bits per heavy atom. The third-order valence-electron chi connectivity index (χ3n) is 4.93. The van der Waals surface area contributed by atoms with Gasteiger partial charge in [0.15, 0.2) is 0 Å². The highest BCUT2D eigenvalue weighted by Gasteiger charge is 2.09. The largest absolute Gasteiger partial charge is 0.457 e. The maximum absolute atomic E-state index is 5.84. The summed E-state index contributed by atoms with van der Waals surface area (Å²) < 4.78 is 8.10. The molecule has 1 heterocycles. The van der Waals surface area contributed by atoms with Crippen molar-refractivity contribution in [1.82, 2.24) is 4.57 Å². The summed E-state index contributed by atoms with van der Waals surface area (Å²) in [7, 11) is 0. The zero-order valence-electron chi connectivity index (χ0n) is 17.0. The van der Waals surface area contributed by atoms with Gasteiger partial charge >= 0.3 is 0 Å². The van der Waals surface area contributed by atoms with Crippen LogP contribution in [0.15, 0.2) is 89.9 Å². The first-order chi connectivity index (χ1) is 14.1. The summed E-state index contributed by atoms with van der Waals surface area (Å²) in [5, 5.41) is 0. The molecule has 4 rings (SSSR count). The molecule has 3 heteroatoms. The first-order valence-corrected chi connectivity index (χ1v) is 9.73. The number of benzene rings is 3. The smallest absolute Gasteiger partial charge is 0.127 e. The van der Waals surface area contributed by atoms with Crippen molar-refractivity contribution in [1.29, 1.82) is 0 Å². The van der Waals surface area contributed by atoms with Gasteiger partial charge in [0, 0.05) is 28.9 Å². The van der Waals surface area contributed by atoms with Crippen LogP contribution in [0.3, 0.4) is 0 Å². The highest BCUT2D eigenvalue weighted by molar-refractivity contribution is 5.84. The highest BCUT2D eigenvalue weighted by atomic mass is 16.5. The number of hydrogen-bond acceptors (Lipinski definition) is 2. The molecule has 1 aromatic heterocycles. The topological polar surface area (TPSA) is 26.5 Å². The molecule has 0 saturated heterocycles. The molecule has 0 aliphatic heterocycles. The van der Waals surface area contributed by atoms with E-state index < -0.39 is 0 Å². The maximum Gasteiger partial charge on any atom is 0.127 e. The Labute approximate surface area is 171 Å². The van der Waals surface area contributed by atoms with Crippen LogP contribution in [0, 0.1) is 20.8 Å². The van der Waals surface area contributed by atoms with Crippen molar-refractivity contribution in [2.45, 2.75) is 20.8 Å². The number of para-hydroxylation sites is 1. The fourth-order valence-corrected chi connectivity index (χ4v) is 3.38. The Morgan fingerprint density at radius 3 is 2.10 bits per heavy atom. The number of hydrogen-bond donors (Lipinski definition) is 0. The van der Waals surface area contributed by atoms with Gasteiger partial charge in [-0.3, -0.25) is 4.99 Å². The summed E-state index contributed by atoms with van der Waals surface area (Å²) in [6.45, 7) is 6.36. The third-order valence-corrected chi connectivity index (χ3v) is 4.93. The van der Waals surface area contributed by atoms with Crippen molar-refractivity contribution in [3.05, 3.63) is 107 Å². The van der Waals surface area contributed by atoms with Crippen LogP contribution in [0.1, 0.15) is 22.5 Å². The van der Waals surface area contributed by atoms with Crippen LogP contribution in [-0.4, -0.2) is 10.8 Å². The highest BCUT2D eigenvalue weighted by Crippen LogP contribution is 2.25. The molecule has 0 bridgehead atoms. The van der Waals surface area contributed by atoms with E-state index in [1.165, 1.54) is 22.6 Å². The Kier molecular flexibility index (Phi) is 5.30. The Balaban J connectivity index is 1.52. The average Bonchev–Trinajstić information content (AvgIpc) is 3.02. The van der Waals surface area contributed by atoms with Gasteiger partial charge < -0.3 is 9.30 Å². The predicted molar refractivity (Wildman–Crippen MR) is 120 cm³/mol. The Hall–Kier alpha value is -3.59. The maximum atomic E-state index is 5.84. The van der Waals surface area contributed by atoms with Crippen molar-refractivity contribution in [3.8, 4) is 17.2 Å². The van der Waals surface area contributed by atoms with Crippen LogP contribution < -0.4 is 4.74 Å². The molecule has 4 aromatic rings. The van der Waals surface area contributed by atoms with Crippen molar-refractivity contribution in [2.75, 3.05) is 0 Å². The van der Waals surface area contributed by atoms with Crippen LogP contribution in [0.2, 0.25) is 0 Å². The summed E-state index contributed by atoms with van der Waals surface area (Å²) >= 11 is 0. The molecule has 0 unspecified atom stereocenters. The number of aliphatic imine (C=N–C) groups is 1. The van der Waals surface area contributed by atoms with E-state index in [0.717, 1.165) is 22.7 Å². The second-order valence-electron chi connectivity index (χ2n) is 7.16. The Morgan fingerprint density at radius 1 is 0.759 bits per heavy atom. The molecule has 0 aliphatic rings. The molecule has 3 aromatic carbocycles. The lowest BCUT2D eigenvalue weighted by atomic mass is 10.2. The lowest BCUT2D eigenvalue weighted by Gasteiger charge is -2.09. The van der Waals surface area contributed by atoms with Crippen LogP contribution in [-0.2, 0) is 0 Å². The van der Waals surface area contributed by atoms with Gasteiger partial charge in [0.1, 0.15) is 11.5 Å². The molecule has 0 N–H and O–H groups in total. The first kappa shape index (κ1) is 18.8. The minimum atomic E-state index is 0.799. The molecule has 0 fully saturated rings. The molecule has 3 nitrogen and oxygen atoms in total. The molecule has 29 heavy (non-hydrogen) atoms. The lowest BCUT2D eigenvalue weighted by Crippen LogP contribution is -1.99. The van der Waals surface area contributed by atoms with E-state index in [-0.39, 0.29) is 0 Å². The number of rotatable bonds is 5. The fraction of sp³-hybridized carbons (Fsp3) is 0.115. The summed E-state index contributed by atoms with van der Waals surface area (Å²) in [5.41, 5.74) is 6.82. The monoisotopic (exact) mass is 380 g/mol. The summed E-state index contributed by atoms with van der Waals surface area (Å²) in [6.07, 6.45) is 1.93. The van der Waals surface area contributed by atoms with Crippen LogP contribution in [0.25, 0.3) is 5.69 Å². The molecule has 144 valence electrons. The lowest BCUT2D eigenvalue weighted by molar-refractivity contribution is 0.483. The quantitative estimate of drug-likeness (QED) is 0.344. The van der Waals surface area contributed by atoms with Gasteiger partial charge in [0.05, 0.1) is 5.69 Å². The first-order valence-electron chi connectivity index (χ1n) is 9.73. The Bertz CT molecular complexity index is 1120. The van der Waals surface area contributed by atoms with Crippen molar-refractivity contribution < 1.29 is 4.74 Å². The molecule has 0 amide bonds. The summed E-state index contributed by atoms with van der Waals surface area (Å²) in [5.74, 6) is 1.62. The molecule has 0 saturated carbocycles. The molecule has 0 aliphatic carbocycles. The van der Waals surface area contributed by atoms with Crippen molar-refractivity contribution in [2.24, 2.45) is 4.99 Å². The number of ether oxygens (including phenoxy) is 1. The van der Waals surface area contributed by atoms with E-state index in [9.17, 15) is 0 Å². The number of aryl methyl sites for hydroxylation is 2. The predicted octanol–water partition coefficient (Wildman–Crippen LogP) is 6.95.